The summed E-state index contributed by atoms with van der Waals surface area (Å²) in [6.07, 6.45) is 3.89. The number of nitrogens with one attached hydrogen (secondary N) is 3. The van der Waals surface area contributed by atoms with Gasteiger partial charge in [0.25, 0.3) is 10.0 Å². The largest absolute Gasteiger partial charge is 0.493 e. The van der Waals surface area contributed by atoms with Crippen molar-refractivity contribution in [3.05, 3.63) is 84.3 Å². The number of benzene rings is 2. The molecule has 0 bridgehead atoms. The van der Waals surface area contributed by atoms with Crippen molar-refractivity contribution < 1.29 is 13.2 Å². The van der Waals surface area contributed by atoms with Crippen molar-refractivity contribution in [3.8, 4) is 5.75 Å². The molecule has 0 atom stereocenters. The van der Waals surface area contributed by atoms with Gasteiger partial charge in [-0.2, -0.15) is 0 Å². The number of aryl methyl sites for hydroxylation is 1. The molecule has 5 rings (SSSR count). The second kappa shape index (κ2) is 8.99. The molecule has 0 amide bonds. The first-order valence-electron chi connectivity index (χ1n) is 10.6. The van der Waals surface area contributed by atoms with Crippen LogP contribution in [0.15, 0.2) is 78.1 Å². The SMILES string of the molecule is Cc1ccnc(Nc2cc(Nc3ccc(NS(=O)(=O)c4ccc5c(c4)CCO5)cc3)ncn2)c1. The van der Waals surface area contributed by atoms with Crippen LogP contribution in [0.5, 0.6) is 5.75 Å². The Morgan fingerprint density at radius 2 is 1.56 bits per heavy atom. The quantitative estimate of drug-likeness (QED) is 0.361. The Labute approximate surface area is 197 Å². The van der Waals surface area contributed by atoms with Crippen LogP contribution in [0.3, 0.4) is 0 Å². The molecule has 2 aromatic carbocycles. The normalized spacial score (nSPS) is 12.5. The summed E-state index contributed by atoms with van der Waals surface area (Å²) < 4.78 is 33.6. The minimum absolute atomic E-state index is 0.211. The van der Waals surface area contributed by atoms with Gasteiger partial charge in [-0.3, -0.25) is 4.72 Å². The first kappa shape index (κ1) is 21.7. The number of hydrogen-bond donors (Lipinski definition) is 3. The Morgan fingerprint density at radius 1 is 0.824 bits per heavy atom. The fourth-order valence-electron chi connectivity index (χ4n) is 3.54. The molecule has 0 fully saturated rings. The Kier molecular flexibility index (Phi) is 5.72. The zero-order valence-corrected chi connectivity index (χ0v) is 19.1. The molecule has 4 aromatic rings. The van der Waals surface area contributed by atoms with E-state index in [0.29, 0.717) is 36.2 Å². The number of aromatic nitrogens is 3. The molecule has 3 heterocycles. The van der Waals surface area contributed by atoms with Crippen molar-refractivity contribution in [2.45, 2.75) is 18.2 Å². The number of anilines is 5. The lowest BCUT2D eigenvalue weighted by Crippen LogP contribution is -2.13. The number of ether oxygens (including phenoxy) is 1. The van der Waals surface area contributed by atoms with Crippen LogP contribution in [0.4, 0.5) is 28.8 Å². The Morgan fingerprint density at radius 3 is 2.35 bits per heavy atom. The maximum atomic E-state index is 12.8. The summed E-state index contributed by atoms with van der Waals surface area (Å²) in [5, 5.41) is 6.34. The molecule has 0 saturated carbocycles. The minimum atomic E-state index is -3.71. The molecule has 0 spiro atoms. The first-order chi connectivity index (χ1) is 16.4. The molecule has 34 heavy (non-hydrogen) atoms. The summed E-state index contributed by atoms with van der Waals surface area (Å²) in [5.41, 5.74) is 3.19. The Balaban J connectivity index is 1.26. The highest BCUT2D eigenvalue weighted by molar-refractivity contribution is 7.92. The molecular formula is C24H22N6O3S. The van der Waals surface area contributed by atoms with Gasteiger partial charge >= 0.3 is 0 Å². The Hall–Kier alpha value is -4.18. The van der Waals surface area contributed by atoms with Gasteiger partial charge in [0.15, 0.2) is 0 Å². The third-order valence-electron chi connectivity index (χ3n) is 5.22. The van der Waals surface area contributed by atoms with E-state index in [-0.39, 0.29) is 4.90 Å². The summed E-state index contributed by atoms with van der Waals surface area (Å²) in [5.74, 6) is 2.61. The van der Waals surface area contributed by atoms with Gasteiger partial charge in [-0.1, -0.05) is 0 Å². The van der Waals surface area contributed by atoms with Crippen LogP contribution in [0.2, 0.25) is 0 Å². The van der Waals surface area contributed by atoms with Gasteiger partial charge in [-0.25, -0.2) is 23.4 Å². The summed E-state index contributed by atoms with van der Waals surface area (Å²) >= 11 is 0. The van der Waals surface area contributed by atoms with Gasteiger partial charge in [0, 0.05) is 30.1 Å². The fraction of sp³-hybridized carbons (Fsp3) is 0.125. The number of hydrogen-bond acceptors (Lipinski definition) is 8. The fourth-order valence-corrected chi connectivity index (χ4v) is 4.65. The molecule has 2 aromatic heterocycles. The van der Waals surface area contributed by atoms with Gasteiger partial charge in [0.1, 0.15) is 29.5 Å². The maximum absolute atomic E-state index is 12.8. The minimum Gasteiger partial charge on any atom is -0.493 e. The average molecular weight is 475 g/mol. The van der Waals surface area contributed by atoms with Crippen molar-refractivity contribution in [1.82, 2.24) is 15.0 Å². The van der Waals surface area contributed by atoms with Gasteiger partial charge in [0.2, 0.25) is 0 Å². The third-order valence-corrected chi connectivity index (χ3v) is 6.60. The highest BCUT2D eigenvalue weighted by Crippen LogP contribution is 2.29. The van der Waals surface area contributed by atoms with E-state index in [1.165, 1.54) is 6.33 Å². The second-order valence-corrected chi connectivity index (χ2v) is 9.49. The molecule has 0 unspecified atom stereocenters. The molecule has 0 radical (unpaired) electrons. The van der Waals surface area contributed by atoms with E-state index in [1.807, 2.05) is 19.1 Å². The van der Waals surface area contributed by atoms with Gasteiger partial charge in [-0.15, -0.1) is 0 Å². The number of rotatable bonds is 7. The standard InChI is InChI=1S/C24H22N6O3S/c1-16-8-10-25-22(12-16)29-24-14-23(26-15-27-24)28-18-2-4-19(5-3-18)30-34(31,32)20-6-7-21-17(13-20)9-11-33-21/h2-8,10,12-15,30H,9,11H2,1H3,(H2,25,26,27,28,29). The topological polar surface area (TPSA) is 118 Å². The molecule has 172 valence electrons. The third kappa shape index (κ3) is 4.91. The van der Waals surface area contributed by atoms with Gasteiger partial charge < -0.3 is 15.4 Å². The lowest BCUT2D eigenvalue weighted by atomic mass is 10.2. The van der Waals surface area contributed by atoms with Crippen LogP contribution in [0.1, 0.15) is 11.1 Å². The summed E-state index contributed by atoms with van der Waals surface area (Å²) in [4.78, 5) is 12.9. The molecule has 10 heteroatoms. The van der Waals surface area contributed by atoms with Crippen molar-refractivity contribution in [3.63, 3.8) is 0 Å². The number of fused-ring (bicyclic) bond motifs is 1. The highest BCUT2D eigenvalue weighted by atomic mass is 32.2. The summed E-state index contributed by atoms with van der Waals surface area (Å²) in [6.45, 7) is 2.57. The number of sulfonamides is 1. The van der Waals surface area contributed by atoms with Crippen LogP contribution < -0.4 is 20.1 Å². The Bertz CT molecular complexity index is 1440. The zero-order chi connectivity index (χ0) is 23.5. The molecule has 1 aliphatic rings. The predicted octanol–water partition coefficient (Wildman–Crippen LogP) is 4.40. The molecule has 9 nitrogen and oxygen atoms in total. The predicted molar refractivity (Wildman–Crippen MR) is 130 cm³/mol. The number of nitrogens with zero attached hydrogens (tertiary/aromatic N) is 3. The summed E-state index contributed by atoms with van der Waals surface area (Å²) in [6, 6.07) is 17.4. The van der Waals surface area contributed by atoms with Crippen molar-refractivity contribution in [2.24, 2.45) is 0 Å². The van der Waals surface area contributed by atoms with Crippen LogP contribution in [0.25, 0.3) is 0 Å². The lowest BCUT2D eigenvalue weighted by Gasteiger charge is -2.11. The van der Waals surface area contributed by atoms with E-state index in [9.17, 15) is 8.42 Å². The molecule has 0 aliphatic carbocycles. The van der Waals surface area contributed by atoms with E-state index < -0.39 is 10.0 Å². The van der Waals surface area contributed by atoms with Crippen molar-refractivity contribution in [1.29, 1.82) is 0 Å². The van der Waals surface area contributed by atoms with Crippen LogP contribution >= 0.6 is 0 Å². The highest BCUT2D eigenvalue weighted by Gasteiger charge is 2.19. The zero-order valence-electron chi connectivity index (χ0n) is 18.3. The molecule has 3 N–H and O–H groups in total. The monoisotopic (exact) mass is 474 g/mol. The van der Waals surface area contributed by atoms with E-state index in [4.69, 9.17) is 4.74 Å². The lowest BCUT2D eigenvalue weighted by molar-refractivity contribution is 0.356. The van der Waals surface area contributed by atoms with Crippen molar-refractivity contribution >= 4 is 38.9 Å². The average Bonchev–Trinajstić information content (AvgIpc) is 3.29. The van der Waals surface area contributed by atoms with Gasteiger partial charge in [0.05, 0.1) is 11.5 Å². The molecule has 1 aliphatic heterocycles. The van der Waals surface area contributed by atoms with Crippen LogP contribution in [-0.2, 0) is 16.4 Å². The van der Waals surface area contributed by atoms with Crippen LogP contribution in [0, 0.1) is 6.92 Å². The van der Waals surface area contributed by atoms with E-state index in [1.54, 1.807) is 54.7 Å². The molecular weight excluding hydrogens is 452 g/mol. The first-order valence-corrected chi connectivity index (χ1v) is 12.1. The van der Waals surface area contributed by atoms with E-state index >= 15 is 0 Å². The maximum Gasteiger partial charge on any atom is 0.261 e. The smallest absolute Gasteiger partial charge is 0.261 e. The second-order valence-electron chi connectivity index (χ2n) is 7.81. The molecule has 0 saturated heterocycles. The summed E-state index contributed by atoms with van der Waals surface area (Å²) in [7, 11) is -3.71. The van der Waals surface area contributed by atoms with Crippen LogP contribution in [-0.4, -0.2) is 30.0 Å². The van der Waals surface area contributed by atoms with E-state index in [0.717, 1.165) is 22.6 Å². The van der Waals surface area contributed by atoms with Gasteiger partial charge in [-0.05, 0) is 72.6 Å². The number of pyridine rings is 1. The van der Waals surface area contributed by atoms with E-state index in [2.05, 4.69) is 30.3 Å². The van der Waals surface area contributed by atoms with Crippen molar-refractivity contribution in [2.75, 3.05) is 22.0 Å².